The smallest absolute Gasteiger partial charge is 0.229 e. The Morgan fingerprint density at radius 1 is 1.21 bits per heavy atom. The summed E-state index contributed by atoms with van der Waals surface area (Å²) in [6, 6.07) is 7.78. The Kier molecular flexibility index (Phi) is 5.72. The molecule has 1 aromatic carbocycles. The summed E-state index contributed by atoms with van der Waals surface area (Å²) in [5, 5.41) is 17.0. The largest absolute Gasteiger partial charge is 0.444 e. The quantitative estimate of drug-likeness (QED) is 0.525. The fourth-order valence-electron chi connectivity index (χ4n) is 4.67. The van der Waals surface area contributed by atoms with Gasteiger partial charge in [-0.2, -0.15) is 4.98 Å². The SMILES string of the molecule is CC(=O)N1CCc2nc(Nc3ccc(-c4cnco4)cc3)nc(NC3(CO)CCCC3)c2C1. The van der Waals surface area contributed by atoms with Crippen LogP contribution in [0.2, 0.25) is 0 Å². The Labute approximate surface area is 192 Å². The third-order valence-corrected chi connectivity index (χ3v) is 6.61. The summed E-state index contributed by atoms with van der Waals surface area (Å²) in [5.41, 5.74) is 3.26. The number of carbonyl (C=O) groups excluding carboxylic acids is 1. The van der Waals surface area contributed by atoms with Crippen molar-refractivity contribution in [3.63, 3.8) is 0 Å². The van der Waals surface area contributed by atoms with Crippen molar-refractivity contribution in [1.82, 2.24) is 19.9 Å². The van der Waals surface area contributed by atoms with Gasteiger partial charge in [-0.05, 0) is 37.1 Å². The molecule has 1 fully saturated rings. The minimum absolute atomic E-state index is 0.0402. The van der Waals surface area contributed by atoms with Crippen LogP contribution in [0.4, 0.5) is 17.5 Å². The molecule has 9 heteroatoms. The molecule has 0 spiro atoms. The van der Waals surface area contributed by atoms with Gasteiger partial charge in [0.2, 0.25) is 11.9 Å². The van der Waals surface area contributed by atoms with Crippen LogP contribution < -0.4 is 10.6 Å². The lowest BCUT2D eigenvalue weighted by atomic mass is 9.97. The van der Waals surface area contributed by atoms with Gasteiger partial charge in [0.25, 0.3) is 0 Å². The lowest BCUT2D eigenvalue weighted by Gasteiger charge is -2.33. The normalized spacial score (nSPS) is 17.0. The van der Waals surface area contributed by atoms with E-state index in [9.17, 15) is 9.90 Å². The molecule has 172 valence electrons. The van der Waals surface area contributed by atoms with Gasteiger partial charge in [-0.3, -0.25) is 4.79 Å². The highest BCUT2D eigenvalue weighted by Gasteiger charge is 2.35. The van der Waals surface area contributed by atoms with Crippen molar-refractivity contribution in [2.45, 2.75) is 51.1 Å². The summed E-state index contributed by atoms with van der Waals surface area (Å²) in [5.74, 6) is 1.94. The molecular weight excluding hydrogens is 420 g/mol. The topological polar surface area (TPSA) is 116 Å². The Hall–Kier alpha value is -3.46. The Morgan fingerprint density at radius 2 is 2.00 bits per heavy atom. The van der Waals surface area contributed by atoms with E-state index in [-0.39, 0.29) is 18.1 Å². The first kappa shape index (κ1) is 21.4. The molecule has 33 heavy (non-hydrogen) atoms. The third-order valence-electron chi connectivity index (χ3n) is 6.61. The van der Waals surface area contributed by atoms with E-state index in [4.69, 9.17) is 14.4 Å². The van der Waals surface area contributed by atoms with Crippen molar-refractivity contribution >= 4 is 23.4 Å². The van der Waals surface area contributed by atoms with Crippen molar-refractivity contribution in [3.8, 4) is 11.3 Å². The van der Waals surface area contributed by atoms with Crippen LogP contribution in [0, 0.1) is 0 Å². The van der Waals surface area contributed by atoms with E-state index in [2.05, 4.69) is 15.6 Å². The summed E-state index contributed by atoms with van der Waals surface area (Å²) in [7, 11) is 0. The maximum Gasteiger partial charge on any atom is 0.229 e. The molecule has 0 atom stereocenters. The molecule has 1 amide bonds. The first-order valence-corrected chi connectivity index (χ1v) is 11.4. The minimum Gasteiger partial charge on any atom is -0.444 e. The average Bonchev–Trinajstić information content (AvgIpc) is 3.52. The average molecular weight is 449 g/mol. The maximum absolute atomic E-state index is 12.0. The van der Waals surface area contributed by atoms with Crippen LogP contribution in [0.1, 0.15) is 43.9 Å². The van der Waals surface area contributed by atoms with Crippen molar-refractivity contribution in [2.75, 3.05) is 23.8 Å². The van der Waals surface area contributed by atoms with Gasteiger partial charge in [-0.1, -0.05) is 12.8 Å². The maximum atomic E-state index is 12.0. The molecule has 3 heterocycles. The zero-order chi connectivity index (χ0) is 22.8. The van der Waals surface area contributed by atoms with Crippen LogP contribution in [-0.2, 0) is 17.8 Å². The van der Waals surface area contributed by atoms with E-state index in [1.54, 1.807) is 13.1 Å². The van der Waals surface area contributed by atoms with Gasteiger partial charge >= 0.3 is 0 Å². The Morgan fingerprint density at radius 3 is 2.67 bits per heavy atom. The minimum atomic E-state index is -0.378. The number of fused-ring (bicyclic) bond motifs is 1. The van der Waals surface area contributed by atoms with Gasteiger partial charge in [-0.25, -0.2) is 9.97 Å². The number of aliphatic hydroxyl groups is 1. The first-order valence-electron chi connectivity index (χ1n) is 11.4. The highest BCUT2D eigenvalue weighted by molar-refractivity contribution is 5.74. The Bertz CT molecular complexity index is 1120. The molecule has 1 saturated carbocycles. The van der Waals surface area contributed by atoms with Crippen molar-refractivity contribution in [3.05, 3.63) is 48.1 Å². The summed E-state index contributed by atoms with van der Waals surface area (Å²) in [4.78, 5) is 27.3. The zero-order valence-electron chi connectivity index (χ0n) is 18.7. The number of anilines is 3. The number of benzene rings is 1. The number of aliphatic hydroxyl groups excluding tert-OH is 1. The summed E-state index contributed by atoms with van der Waals surface area (Å²) >= 11 is 0. The number of hydrogen-bond donors (Lipinski definition) is 3. The van der Waals surface area contributed by atoms with Crippen LogP contribution in [0.25, 0.3) is 11.3 Å². The predicted molar refractivity (Wildman–Crippen MR) is 124 cm³/mol. The molecule has 1 aliphatic heterocycles. The summed E-state index contributed by atoms with van der Waals surface area (Å²) in [6.07, 6.45) is 7.68. The third kappa shape index (κ3) is 4.41. The van der Waals surface area contributed by atoms with Crippen molar-refractivity contribution < 1.29 is 14.3 Å². The Balaban J connectivity index is 1.45. The van der Waals surface area contributed by atoms with Gasteiger partial charge in [0.05, 0.1) is 30.6 Å². The van der Waals surface area contributed by atoms with Crippen LogP contribution >= 0.6 is 0 Å². The fourth-order valence-corrected chi connectivity index (χ4v) is 4.67. The van der Waals surface area contributed by atoms with Gasteiger partial charge < -0.3 is 25.1 Å². The second-order valence-corrected chi connectivity index (χ2v) is 8.85. The van der Waals surface area contributed by atoms with E-state index in [0.29, 0.717) is 37.0 Å². The molecule has 0 bridgehead atoms. The molecule has 0 unspecified atom stereocenters. The second kappa shape index (κ2) is 8.82. The van der Waals surface area contributed by atoms with E-state index in [1.165, 1.54) is 6.39 Å². The van der Waals surface area contributed by atoms with Crippen LogP contribution in [0.15, 0.2) is 41.3 Å². The van der Waals surface area contributed by atoms with Gasteiger partial charge in [0.1, 0.15) is 5.82 Å². The zero-order valence-corrected chi connectivity index (χ0v) is 18.7. The molecule has 2 aliphatic rings. The molecule has 9 nitrogen and oxygen atoms in total. The van der Waals surface area contributed by atoms with Crippen molar-refractivity contribution in [2.24, 2.45) is 0 Å². The number of hydrogen-bond acceptors (Lipinski definition) is 8. The van der Waals surface area contributed by atoms with Crippen LogP contribution in [-0.4, -0.2) is 49.6 Å². The molecule has 2 aromatic heterocycles. The fraction of sp³-hybridized carbons (Fsp3) is 0.417. The first-order chi connectivity index (χ1) is 16.0. The summed E-state index contributed by atoms with van der Waals surface area (Å²) in [6.45, 7) is 2.74. The highest BCUT2D eigenvalue weighted by Crippen LogP contribution is 2.35. The standard InChI is InChI=1S/C24H28N6O3/c1-16(32)30-11-8-20-19(13-30)22(29-24(14-31)9-2-3-10-24)28-23(27-20)26-18-6-4-17(5-7-18)21-12-25-15-33-21/h4-7,12,15,31H,2-3,8-11,13-14H2,1H3,(H2,26,27,28,29). The monoisotopic (exact) mass is 448 g/mol. The second-order valence-electron chi connectivity index (χ2n) is 8.85. The van der Waals surface area contributed by atoms with E-state index in [0.717, 1.165) is 48.2 Å². The molecular formula is C24H28N6O3. The van der Waals surface area contributed by atoms with Gasteiger partial charge in [-0.15, -0.1) is 0 Å². The number of carbonyl (C=O) groups is 1. The number of amides is 1. The number of nitrogens with zero attached hydrogens (tertiary/aromatic N) is 4. The predicted octanol–water partition coefficient (Wildman–Crippen LogP) is 3.50. The molecule has 0 saturated heterocycles. The molecule has 5 rings (SSSR count). The summed E-state index contributed by atoms with van der Waals surface area (Å²) < 4.78 is 5.35. The van der Waals surface area contributed by atoms with Gasteiger partial charge in [0.15, 0.2) is 12.2 Å². The van der Waals surface area contributed by atoms with Crippen LogP contribution in [0.5, 0.6) is 0 Å². The van der Waals surface area contributed by atoms with E-state index >= 15 is 0 Å². The number of oxazole rings is 1. The molecule has 0 radical (unpaired) electrons. The lowest BCUT2D eigenvalue weighted by Crippen LogP contribution is -2.41. The van der Waals surface area contributed by atoms with Crippen LogP contribution in [0.3, 0.4) is 0 Å². The number of nitrogens with one attached hydrogen (secondary N) is 2. The van der Waals surface area contributed by atoms with Gasteiger partial charge in [0, 0.05) is 36.7 Å². The van der Waals surface area contributed by atoms with Crippen molar-refractivity contribution in [1.29, 1.82) is 0 Å². The van der Waals surface area contributed by atoms with E-state index in [1.807, 2.05) is 29.2 Å². The molecule has 1 aliphatic carbocycles. The molecule has 3 aromatic rings. The lowest BCUT2D eigenvalue weighted by molar-refractivity contribution is -0.129. The van der Waals surface area contributed by atoms with E-state index < -0.39 is 0 Å². The molecule has 3 N–H and O–H groups in total. The number of rotatable bonds is 6. The highest BCUT2D eigenvalue weighted by atomic mass is 16.3. The number of aromatic nitrogens is 3.